The van der Waals surface area contributed by atoms with Crippen molar-refractivity contribution < 1.29 is 4.79 Å². The number of rotatable bonds is 4. The average molecular weight is 265 g/mol. The van der Waals surface area contributed by atoms with Gasteiger partial charge in [0.25, 0.3) is 0 Å². The highest BCUT2D eigenvalue weighted by atomic mass is 16.2. The fraction of sp³-hybridized carbons (Fsp3) is 0.692. The maximum atomic E-state index is 12.4. The van der Waals surface area contributed by atoms with Crippen LogP contribution in [0, 0.1) is 0 Å². The zero-order valence-electron chi connectivity index (χ0n) is 12.0. The Bertz CT molecular complexity index is 424. The summed E-state index contributed by atoms with van der Waals surface area (Å²) < 4.78 is 1.98. The summed E-state index contributed by atoms with van der Waals surface area (Å²) in [6, 6.07) is -0.116. The molecule has 1 aromatic rings. The van der Waals surface area contributed by atoms with Crippen LogP contribution in [0.1, 0.15) is 12.7 Å². The number of likely N-dealkylation sites (N-methyl/N-ethyl adjacent to an activating group) is 1. The van der Waals surface area contributed by atoms with Gasteiger partial charge in [-0.05, 0) is 14.0 Å². The van der Waals surface area contributed by atoms with Crippen molar-refractivity contribution in [2.45, 2.75) is 19.5 Å². The third-order valence-corrected chi connectivity index (χ3v) is 3.76. The first kappa shape index (κ1) is 14.0. The quantitative estimate of drug-likeness (QED) is 0.810. The summed E-state index contributed by atoms with van der Waals surface area (Å²) >= 11 is 0. The van der Waals surface area contributed by atoms with Crippen LogP contribution in [0.3, 0.4) is 0 Å². The molecule has 0 aliphatic carbocycles. The van der Waals surface area contributed by atoms with Crippen molar-refractivity contribution in [3.05, 3.63) is 18.2 Å². The van der Waals surface area contributed by atoms with E-state index in [1.54, 1.807) is 6.20 Å². The van der Waals surface area contributed by atoms with Crippen LogP contribution >= 0.6 is 0 Å². The first-order valence-electron chi connectivity index (χ1n) is 6.75. The first-order chi connectivity index (χ1) is 9.09. The number of aryl methyl sites for hydroxylation is 1. The van der Waals surface area contributed by atoms with Crippen molar-refractivity contribution in [3.8, 4) is 0 Å². The molecule has 0 spiro atoms. The molecule has 1 amide bonds. The highest BCUT2D eigenvalue weighted by Gasteiger charge is 2.25. The third kappa shape index (κ3) is 3.33. The molecule has 19 heavy (non-hydrogen) atoms. The number of imidazole rings is 1. The summed E-state index contributed by atoms with van der Waals surface area (Å²) in [5.74, 6) is 1.18. The lowest BCUT2D eigenvalue weighted by molar-refractivity contribution is -0.136. The van der Waals surface area contributed by atoms with E-state index in [2.05, 4.69) is 10.3 Å². The van der Waals surface area contributed by atoms with E-state index in [9.17, 15) is 4.79 Å². The number of aromatic nitrogens is 2. The van der Waals surface area contributed by atoms with Gasteiger partial charge in [-0.3, -0.25) is 9.69 Å². The van der Waals surface area contributed by atoms with Gasteiger partial charge in [-0.1, -0.05) is 0 Å². The lowest BCUT2D eigenvalue weighted by atomic mass is 10.2. The van der Waals surface area contributed by atoms with Gasteiger partial charge < -0.3 is 14.8 Å². The Morgan fingerprint density at radius 2 is 2.21 bits per heavy atom. The number of hydrogen-bond acceptors (Lipinski definition) is 4. The molecular weight excluding hydrogens is 242 g/mol. The van der Waals surface area contributed by atoms with Crippen LogP contribution in [0.4, 0.5) is 0 Å². The van der Waals surface area contributed by atoms with Crippen molar-refractivity contribution in [3.63, 3.8) is 0 Å². The molecule has 0 saturated carbocycles. The molecule has 0 bridgehead atoms. The largest absolute Gasteiger partial charge is 0.339 e. The second-order valence-corrected chi connectivity index (χ2v) is 5.12. The standard InChI is InChI=1S/C13H23N5O/c1-11(13(19)18-8-4-14-5-9-18)17(3)10-12-15-6-7-16(12)2/h6-7,11,14H,4-5,8-10H2,1-3H3. The van der Waals surface area contributed by atoms with Crippen molar-refractivity contribution >= 4 is 5.91 Å². The Labute approximate surface area is 114 Å². The Kier molecular flexibility index (Phi) is 4.55. The monoisotopic (exact) mass is 265 g/mol. The second-order valence-electron chi connectivity index (χ2n) is 5.12. The third-order valence-electron chi connectivity index (χ3n) is 3.76. The van der Waals surface area contributed by atoms with Crippen LogP contribution in [-0.2, 0) is 18.4 Å². The van der Waals surface area contributed by atoms with Crippen LogP contribution < -0.4 is 5.32 Å². The summed E-state index contributed by atoms with van der Waals surface area (Å²) in [6.07, 6.45) is 3.71. The van der Waals surface area contributed by atoms with Gasteiger partial charge in [-0.15, -0.1) is 0 Å². The zero-order chi connectivity index (χ0) is 13.8. The van der Waals surface area contributed by atoms with Gasteiger partial charge in [-0.25, -0.2) is 4.98 Å². The number of nitrogens with zero attached hydrogens (tertiary/aromatic N) is 4. The number of carbonyl (C=O) groups is 1. The molecule has 1 N–H and O–H groups in total. The minimum Gasteiger partial charge on any atom is -0.339 e. The van der Waals surface area contributed by atoms with Crippen LogP contribution in [0.25, 0.3) is 0 Å². The van der Waals surface area contributed by atoms with Crippen LogP contribution in [0.2, 0.25) is 0 Å². The highest BCUT2D eigenvalue weighted by molar-refractivity contribution is 5.81. The van der Waals surface area contributed by atoms with Gasteiger partial charge in [0.15, 0.2) is 0 Å². The molecule has 6 heteroatoms. The summed E-state index contributed by atoms with van der Waals surface area (Å²) in [7, 11) is 3.94. The van der Waals surface area contributed by atoms with Gasteiger partial charge in [0.2, 0.25) is 5.91 Å². The summed E-state index contributed by atoms with van der Waals surface area (Å²) in [4.78, 5) is 20.7. The van der Waals surface area contributed by atoms with Gasteiger partial charge in [-0.2, -0.15) is 0 Å². The minimum atomic E-state index is -0.116. The van der Waals surface area contributed by atoms with E-state index in [4.69, 9.17) is 0 Å². The Morgan fingerprint density at radius 1 is 1.53 bits per heavy atom. The second kappa shape index (κ2) is 6.16. The van der Waals surface area contributed by atoms with Crippen LogP contribution in [0.15, 0.2) is 12.4 Å². The lowest BCUT2D eigenvalue weighted by Crippen LogP contribution is -2.52. The molecule has 1 saturated heterocycles. The summed E-state index contributed by atoms with van der Waals surface area (Å²) in [5, 5.41) is 3.26. The lowest BCUT2D eigenvalue weighted by Gasteiger charge is -2.33. The van der Waals surface area contributed by atoms with Crippen molar-refractivity contribution in [2.24, 2.45) is 7.05 Å². The maximum Gasteiger partial charge on any atom is 0.239 e. The molecule has 0 aromatic carbocycles. The normalized spacial score (nSPS) is 17.8. The van der Waals surface area contributed by atoms with E-state index >= 15 is 0 Å². The van der Waals surface area contributed by atoms with Gasteiger partial charge in [0.1, 0.15) is 5.82 Å². The molecule has 1 fully saturated rings. The Morgan fingerprint density at radius 3 is 2.79 bits per heavy atom. The molecular formula is C13H23N5O. The minimum absolute atomic E-state index is 0.116. The average Bonchev–Trinajstić information content (AvgIpc) is 2.83. The van der Waals surface area contributed by atoms with E-state index in [1.807, 2.05) is 41.6 Å². The van der Waals surface area contributed by atoms with Gasteiger partial charge in [0, 0.05) is 45.6 Å². The highest BCUT2D eigenvalue weighted by Crippen LogP contribution is 2.07. The van der Waals surface area contributed by atoms with Crippen LogP contribution in [-0.4, -0.2) is 64.5 Å². The fourth-order valence-electron chi connectivity index (χ4n) is 2.25. The summed E-state index contributed by atoms with van der Waals surface area (Å²) in [6.45, 7) is 6.04. The summed E-state index contributed by atoms with van der Waals surface area (Å²) in [5.41, 5.74) is 0. The molecule has 1 atom stereocenters. The molecule has 1 aliphatic heterocycles. The van der Waals surface area contributed by atoms with E-state index in [0.717, 1.165) is 32.0 Å². The molecule has 2 rings (SSSR count). The van der Waals surface area contributed by atoms with Gasteiger partial charge >= 0.3 is 0 Å². The van der Waals surface area contributed by atoms with Crippen molar-refractivity contribution in [1.82, 2.24) is 24.7 Å². The van der Waals surface area contributed by atoms with E-state index in [1.165, 1.54) is 0 Å². The van der Waals surface area contributed by atoms with Crippen molar-refractivity contribution in [2.75, 3.05) is 33.2 Å². The van der Waals surface area contributed by atoms with E-state index in [-0.39, 0.29) is 11.9 Å². The van der Waals surface area contributed by atoms with Gasteiger partial charge in [0.05, 0.1) is 12.6 Å². The van der Waals surface area contributed by atoms with Crippen LogP contribution in [0.5, 0.6) is 0 Å². The predicted octanol–water partition coefficient (Wildman–Crippen LogP) is -0.328. The number of amides is 1. The molecule has 1 aliphatic rings. The molecule has 1 aromatic heterocycles. The SMILES string of the molecule is CC(C(=O)N1CCNCC1)N(C)Cc1nccn1C. The Balaban J connectivity index is 1.92. The predicted molar refractivity (Wildman–Crippen MR) is 73.6 cm³/mol. The van der Waals surface area contributed by atoms with E-state index < -0.39 is 0 Å². The number of nitrogens with one attached hydrogen (secondary N) is 1. The first-order valence-corrected chi connectivity index (χ1v) is 6.75. The smallest absolute Gasteiger partial charge is 0.239 e. The molecule has 106 valence electrons. The zero-order valence-corrected chi connectivity index (χ0v) is 12.0. The van der Waals surface area contributed by atoms with Crippen molar-refractivity contribution in [1.29, 1.82) is 0 Å². The molecule has 0 radical (unpaired) electrons. The number of piperazine rings is 1. The maximum absolute atomic E-state index is 12.4. The number of carbonyl (C=O) groups excluding carboxylic acids is 1. The van der Waals surface area contributed by atoms with E-state index in [0.29, 0.717) is 6.54 Å². The number of hydrogen-bond donors (Lipinski definition) is 1. The topological polar surface area (TPSA) is 53.4 Å². The molecule has 6 nitrogen and oxygen atoms in total. The Hall–Kier alpha value is -1.40. The fourth-order valence-corrected chi connectivity index (χ4v) is 2.25. The molecule has 1 unspecified atom stereocenters. The molecule has 2 heterocycles.